The molecule has 0 saturated carbocycles. The summed E-state index contributed by atoms with van der Waals surface area (Å²) in [6.07, 6.45) is 3.41. The molecule has 1 aromatic carbocycles. The number of benzene rings is 1. The van der Waals surface area contributed by atoms with Crippen LogP contribution < -0.4 is 15.8 Å². The lowest BCUT2D eigenvalue weighted by Gasteiger charge is -2.20. The molecule has 0 saturated heterocycles. The number of anilines is 3. The molecule has 0 radical (unpaired) electrons. The largest absolute Gasteiger partial charge is 0.362 e. The van der Waals surface area contributed by atoms with Crippen molar-refractivity contribution in [2.24, 2.45) is 0 Å². The van der Waals surface area contributed by atoms with Crippen molar-refractivity contribution in [3.63, 3.8) is 0 Å². The van der Waals surface area contributed by atoms with Crippen molar-refractivity contribution in [3.8, 4) is 11.1 Å². The lowest BCUT2D eigenvalue weighted by Crippen LogP contribution is -2.20. The van der Waals surface area contributed by atoms with E-state index in [1.807, 2.05) is 27.1 Å². The number of pyridine rings is 2. The second-order valence-electron chi connectivity index (χ2n) is 6.11. The van der Waals surface area contributed by atoms with Crippen LogP contribution in [0.15, 0.2) is 47.5 Å². The average Bonchev–Trinajstić information content (AvgIpc) is 2.60. The molecule has 0 bridgehead atoms. The maximum Gasteiger partial charge on any atom is 0.257 e. The van der Waals surface area contributed by atoms with Gasteiger partial charge in [0.05, 0.1) is 11.3 Å². The van der Waals surface area contributed by atoms with Crippen molar-refractivity contribution in [2.75, 3.05) is 24.3 Å². The number of halogens is 2. The molecule has 2 heterocycles. The number of rotatable bonds is 4. The standard InChI is InChI=1S/C19H18ClFN4O/c1-11-10-22-7-6-16(11)23-17-9-14(19(26)24-18(17)25(2)3)13-8-12(20)4-5-15(13)21/h4-10H,1-3H3,(H,22,23)(H,24,26). The molecule has 0 fully saturated rings. The number of hydrogen-bond donors (Lipinski definition) is 2. The summed E-state index contributed by atoms with van der Waals surface area (Å²) in [4.78, 5) is 21.2. The molecule has 0 amide bonds. The summed E-state index contributed by atoms with van der Waals surface area (Å²) in [5, 5.41) is 3.64. The Balaban J connectivity index is 2.18. The molecule has 26 heavy (non-hydrogen) atoms. The van der Waals surface area contributed by atoms with Crippen molar-refractivity contribution in [3.05, 3.63) is 69.5 Å². The molecular formula is C19H18ClFN4O. The van der Waals surface area contributed by atoms with Gasteiger partial charge in [-0.25, -0.2) is 4.39 Å². The van der Waals surface area contributed by atoms with Crippen LogP contribution in [-0.2, 0) is 0 Å². The zero-order chi connectivity index (χ0) is 18.8. The first-order valence-corrected chi connectivity index (χ1v) is 8.32. The molecule has 3 rings (SSSR count). The van der Waals surface area contributed by atoms with Gasteiger partial charge < -0.3 is 15.2 Å². The third kappa shape index (κ3) is 3.55. The van der Waals surface area contributed by atoms with Gasteiger partial charge in [-0.2, -0.15) is 0 Å². The molecule has 7 heteroatoms. The molecule has 0 aliphatic rings. The highest BCUT2D eigenvalue weighted by Gasteiger charge is 2.16. The Morgan fingerprint density at radius 1 is 1.15 bits per heavy atom. The van der Waals surface area contributed by atoms with Gasteiger partial charge >= 0.3 is 0 Å². The van der Waals surface area contributed by atoms with Gasteiger partial charge in [-0.05, 0) is 42.8 Å². The van der Waals surface area contributed by atoms with Gasteiger partial charge in [-0.3, -0.25) is 9.78 Å². The zero-order valence-corrected chi connectivity index (χ0v) is 15.4. The molecule has 0 aliphatic carbocycles. The molecular weight excluding hydrogens is 355 g/mol. The molecule has 134 valence electrons. The Hall–Kier alpha value is -2.86. The first kappa shape index (κ1) is 17.9. The molecule has 3 aromatic rings. The number of hydrogen-bond acceptors (Lipinski definition) is 4. The third-order valence-electron chi connectivity index (χ3n) is 3.98. The summed E-state index contributed by atoms with van der Waals surface area (Å²) in [6.45, 7) is 1.92. The molecule has 0 aliphatic heterocycles. The van der Waals surface area contributed by atoms with Crippen LogP contribution in [0.4, 0.5) is 21.6 Å². The minimum atomic E-state index is -0.511. The van der Waals surface area contributed by atoms with Crippen LogP contribution in [-0.4, -0.2) is 24.1 Å². The second-order valence-corrected chi connectivity index (χ2v) is 6.55. The minimum absolute atomic E-state index is 0.151. The van der Waals surface area contributed by atoms with Gasteiger partial charge in [-0.15, -0.1) is 0 Å². The summed E-state index contributed by atoms with van der Waals surface area (Å²) in [5.41, 5.74) is 2.38. The van der Waals surface area contributed by atoms with Crippen LogP contribution >= 0.6 is 11.6 Å². The lowest BCUT2D eigenvalue weighted by molar-refractivity contribution is 0.631. The van der Waals surface area contributed by atoms with E-state index in [1.54, 1.807) is 23.4 Å². The van der Waals surface area contributed by atoms with Gasteiger partial charge in [0.25, 0.3) is 5.56 Å². The Labute approximate surface area is 155 Å². The molecule has 0 atom stereocenters. The predicted octanol–water partition coefficient (Wildman–Crippen LogP) is 4.35. The SMILES string of the molecule is Cc1cnccc1Nc1cc(-c2cc(Cl)ccc2F)c(=O)[nH]c1N(C)C. The summed E-state index contributed by atoms with van der Waals surface area (Å²) in [6, 6.07) is 7.60. The molecule has 0 unspecified atom stereocenters. The van der Waals surface area contributed by atoms with Crippen LogP contribution in [0.25, 0.3) is 11.1 Å². The van der Waals surface area contributed by atoms with Crippen molar-refractivity contribution >= 4 is 28.8 Å². The van der Waals surface area contributed by atoms with Gasteiger partial charge in [0.2, 0.25) is 0 Å². The second kappa shape index (κ2) is 7.17. The summed E-state index contributed by atoms with van der Waals surface area (Å²) in [7, 11) is 3.63. The number of aryl methyl sites for hydroxylation is 1. The van der Waals surface area contributed by atoms with E-state index in [1.165, 1.54) is 18.2 Å². The lowest BCUT2D eigenvalue weighted by atomic mass is 10.1. The number of nitrogens with one attached hydrogen (secondary N) is 2. The van der Waals surface area contributed by atoms with Crippen LogP contribution in [0.3, 0.4) is 0 Å². The van der Waals surface area contributed by atoms with Crippen molar-refractivity contribution < 1.29 is 4.39 Å². The van der Waals surface area contributed by atoms with Gasteiger partial charge in [0, 0.05) is 42.8 Å². The van der Waals surface area contributed by atoms with E-state index >= 15 is 0 Å². The average molecular weight is 373 g/mol. The Morgan fingerprint density at radius 2 is 1.92 bits per heavy atom. The van der Waals surface area contributed by atoms with Crippen LogP contribution in [0.1, 0.15) is 5.56 Å². The summed E-state index contributed by atoms with van der Waals surface area (Å²) in [5.74, 6) is 0.0703. The maximum absolute atomic E-state index is 14.3. The van der Waals surface area contributed by atoms with Crippen molar-refractivity contribution in [2.45, 2.75) is 6.92 Å². The van der Waals surface area contributed by atoms with E-state index in [4.69, 9.17) is 11.6 Å². The van der Waals surface area contributed by atoms with Gasteiger partial charge in [0.15, 0.2) is 0 Å². The summed E-state index contributed by atoms with van der Waals surface area (Å²) < 4.78 is 14.3. The van der Waals surface area contributed by atoms with E-state index in [9.17, 15) is 9.18 Å². The van der Waals surface area contributed by atoms with Crippen LogP contribution in [0.2, 0.25) is 5.02 Å². The van der Waals surface area contributed by atoms with E-state index < -0.39 is 11.4 Å². The van der Waals surface area contributed by atoms with E-state index in [2.05, 4.69) is 15.3 Å². The molecule has 0 spiro atoms. The molecule has 2 aromatic heterocycles. The highest BCUT2D eigenvalue weighted by molar-refractivity contribution is 6.30. The highest BCUT2D eigenvalue weighted by Crippen LogP contribution is 2.31. The monoisotopic (exact) mass is 372 g/mol. The Kier molecular flexibility index (Phi) is 4.95. The first-order valence-electron chi connectivity index (χ1n) is 7.94. The minimum Gasteiger partial charge on any atom is -0.362 e. The molecule has 2 N–H and O–H groups in total. The van der Waals surface area contributed by atoms with Crippen LogP contribution in [0.5, 0.6) is 0 Å². The number of H-pyrrole nitrogens is 1. The fourth-order valence-corrected chi connectivity index (χ4v) is 2.80. The van der Waals surface area contributed by atoms with Crippen LogP contribution in [0, 0.1) is 12.7 Å². The van der Waals surface area contributed by atoms with Gasteiger partial charge in [0.1, 0.15) is 11.6 Å². The summed E-state index contributed by atoms with van der Waals surface area (Å²) >= 11 is 5.98. The Morgan fingerprint density at radius 3 is 2.62 bits per heavy atom. The van der Waals surface area contributed by atoms with Gasteiger partial charge in [-0.1, -0.05) is 11.6 Å². The number of aromatic amines is 1. The first-order chi connectivity index (χ1) is 12.4. The zero-order valence-electron chi connectivity index (χ0n) is 14.6. The highest BCUT2D eigenvalue weighted by atomic mass is 35.5. The number of nitrogens with zero attached hydrogens (tertiary/aromatic N) is 2. The quantitative estimate of drug-likeness (QED) is 0.714. The smallest absolute Gasteiger partial charge is 0.257 e. The Bertz CT molecular complexity index is 1020. The van der Waals surface area contributed by atoms with E-state index in [0.717, 1.165) is 11.3 Å². The fourth-order valence-electron chi connectivity index (χ4n) is 2.63. The van der Waals surface area contributed by atoms with Crippen molar-refractivity contribution in [1.82, 2.24) is 9.97 Å². The maximum atomic E-state index is 14.3. The third-order valence-corrected chi connectivity index (χ3v) is 4.21. The van der Waals surface area contributed by atoms with E-state index in [0.29, 0.717) is 16.5 Å². The number of aromatic nitrogens is 2. The predicted molar refractivity (Wildman–Crippen MR) is 104 cm³/mol. The van der Waals surface area contributed by atoms with E-state index in [-0.39, 0.29) is 11.1 Å². The fraction of sp³-hybridized carbons (Fsp3) is 0.158. The topological polar surface area (TPSA) is 61.0 Å². The normalized spacial score (nSPS) is 10.7. The van der Waals surface area contributed by atoms with Crippen molar-refractivity contribution in [1.29, 1.82) is 0 Å². The molecule has 5 nitrogen and oxygen atoms in total.